The molecule has 0 unspecified atom stereocenters. The summed E-state index contributed by atoms with van der Waals surface area (Å²) >= 11 is 0. The quantitative estimate of drug-likeness (QED) is 0.778. The molecule has 0 amide bonds. The standard InChI is InChI=1S/C17H17N3O3/c18-17(8-4-9-17)16-19-15(23-20-16)14-12(7-10-21-14)11-22-13-5-2-1-3-6-13/h1-3,5-7,10H,4,8-9,11,18H2. The monoisotopic (exact) mass is 311 g/mol. The van der Waals surface area contributed by atoms with E-state index in [-0.39, 0.29) is 0 Å². The fourth-order valence-electron chi connectivity index (χ4n) is 2.61. The van der Waals surface area contributed by atoms with Gasteiger partial charge in [-0.2, -0.15) is 4.98 Å². The van der Waals surface area contributed by atoms with Gasteiger partial charge in [-0.25, -0.2) is 0 Å². The Balaban J connectivity index is 1.53. The van der Waals surface area contributed by atoms with Crippen LogP contribution in [0.15, 0.2) is 51.6 Å². The molecule has 118 valence electrons. The van der Waals surface area contributed by atoms with Gasteiger partial charge in [-0.05, 0) is 37.5 Å². The molecule has 3 aromatic rings. The number of benzene rings is 1. The number of aromatic nitrogens is 2. The summed E-state index contributed by atoms with van der Waals surface area (Å²) in [6, 6.07) is 11.4. The number of hydrogen-bond acceptors (Lipinski definition) is 6. The molecule has 0 atom stereocenters. The second-order valence-electron chi connectivity index (χ2n) is 5.81. The third kappa shape index (κ3) is 2.61. The molecule has 2 heterocycles. The largest absolute Gasteiger partial charge is 0.489 e. The van der Waals surface area contributed by atoms with E-state index < -0.39 is 5.54 Å². The Hall–Kier alpha value is -2.60. The van der Waals surface area contributed by atoms with Crippen LogP contribution in [0.5, 0.6) is 5.75 Å². The van der Waals surface area contributed by atoms with Crippen molar-refractivity contribution < 1.29 is 13.7 Å². The Morgan fingerprint density at radius 3 is 2.74 bits per heavy atom. The first-order valence-corrected chi connectivity index (χ1v) is 7.62. The lowest BCUT2D eigenvalue weighted by Crippen LogP contribution is -2.44. The molecule has 6 nitrogen and oxygen atoms in total. The highest BCUT2D eigenvalue weighted by Crippen LogP contribution is 2.38. The third-order valence-electron chi connectivity index (χ3n) is 4.20. The lowest BCUT2D eigenvalue weighted by atomic mass is 9.77. The van der Waals surface area contributed by atoms with E-state index in [2.05, 4.69) is 10.1 Å². The fourth-order valence-corrected chi connectivity index (χ4v) is 2.61. The van der Waals surface area contributed by atoms with Gasteiger partial charge in [0.25, 0.3) is 5.89 Å². The molecule has 1 aromatic carbocycles. The summed E-state index contributed by atoms with van der Waals surface area (Å²) in [5.74, 6) is 2.21. The summed E-state index contributed by atoms with van der Waals surface area (Å²) in [6.45, 7) is 0.362. The van der Waals surface area contributed by atoms with Gasteiger partial charge in [0.2, 0.25) is 0 Å². The molecule has 0 radical (unpaired) electrons. The summed E-state index contributed by atoms with van der Waals surface area (Å²) < 4.78 is 16.6. The number of ether oxygens (including phenoxy) is 1. The number of nitrogens with two attached hydrogens (primary N) is 1. The molecule has 6 heteroatoms. The van der Waals surface area contributed by atoms with Crippen molar-refractivity contribution in [2.75, 3.05) is 0 Å². The van der Waals surface area contributed by atoms with E-state index in [1.807, 2.05) is 36.4 Å². The van der Waals surface area contributed by atoms with Crippen LogP contribution < -0.4 is 10.5 Å². The third-order valence-corrected chi connectivity index (χ3v) is 4.20. The van der Waals surface area contributed by atoms with Crippen molar-refractivity contribution in [3.8, 4) is 17.4 Å². The van der Waals surface area contributed by atoms with E-state index in [1.54, 1.807) is 6.26 Å². The predicted molar refractivity (Wildman–Crippen MR) is 82.5 cm³/mol. The second-order valence-corrected chi connectivity index (χ2v) is 5.81. The molecule has 0 bridgehead atoms. The highest BCUT2D eigenvalue weighted by Gasteiger charge is 2.39. The molecule has 0 saturated heterocycles. The van der Waals surface area contributed by atoms with Gasteiger partial charge in [0, 0.05) is 5.56 Å². The number of rotatable bonds is 5. The highest BCUT2D eigenvalue weighted by molar-refractivity contribution is 5.50. The Morgan fingerprint density at radius 2 is 2.00 bits per heavy atom. The predicted octanol–water partition coefficient (Wildman–Crippen LogP) is 3.25. The first-order chi connectivity index (χ1) is 11.2. The minimum atomic E-state index is -0.449. The highest BCUT2D eigenvalue weighted by atomic mass is 16.5. The lowest BCUT2D eigenvalue weighted by molar-refractivity contribution is 0.229. The molecule has 2 aromatic heterocycles. The van der Waals surface area contributed by atoms with E-state index in [0.29, 0.717) is 24.1 Å². The van der Waals surface area contributed by atoms with Gasteiger partial charge in [-0.15, -0.1) is 0 Å². The van der Waals surface area contributed by atoms with Gasteiger partial charge >= 0.3 is 0 Å². The molecular weight excluding hydrogens is 294 g/mol. The first kappa shape index (κ1) is 14.0. The van der Waals surface area contributed by atoms with Crippen molar-refractivity contribution in [1.29, 1.82) is 0 Å². The zero-order valence-electron chi connectivity index (χ0n) is 12.6. The molecular formula is C17H17N3O3. The van der Waals surface area contributed by atoms with Crippen LogP contribution in [0.4, 0.5) is 0 Å². The Morgan fingerprint density at radius 1 is 1.17 bits per heavy atom. The average Bonchev–Trinajstić information content (AvgIpc) is 3.20. The topological polar surface area (TPSA) is 87.3 Å². The first-order valence-electron chi connectivity index (χ1n) is 7.62. The summed E-state index contributed by atoms with van der Waals surface area (Å²) in [5.41, 5.74) is 6.62. The number of hydrogen-bond donors (Lipinski definition) is 1. The fraction of sp³-hybridized carbons (Fsp3) is 0.294. The average molecular weight is 311 g/mol. The van der Waals surface area contributed by atoms with Crippen molar-refractivity contribution in [3.63, 3.8) is 0 Å². The normalized spacial score (nSPS) is 16.0. The molecule has 23 heavy (non-hydrogen) atoms. The van der Waals surface area contributed by atoms with E-state index in [9.17, 15) is 0 Å². The van der Waals surface area contributed by atoms with Gasteiger partial charge in [-0.3, -0.25) is 0 Å². The second kappa shape index (κ2) is 5.55. The molecule has 1 fully saturated rings. The minimum Gasteiger partial charge on any atom is -0.489 e. The van der Waals surface area contributed by atoms with E-state index in [1.165, 1.54) is 0 Å². The van der Waals surface area contributed by atoms with Gasteiger partial charge in [0.05, 0.1) is 11.8 Å². The zero-order chi connectivity index (χ0) is 15.7. The van der Waals surface area contributed by atoms with E-state index in [4.69, 9.17) is 19.4 Å². The van der Waals surface area contributed by atoms with Crippen LogP contribution in [0.2, 0.25) is 0 Å². The smallest absolute Gasteiger partial charge is 0.294 e. The van der Waals surface area contributed by atoms with Crippen LogP contribution in [-0.4, -0.2) is 10.1 Å². The summed E-state index contributed by atoms with van der Waals surface area (Å²) in [7, 11) is 0. The van der Waals surface area contributed by atoms with Crippen molar-refractivity contribution in [3.05, 3.63) is 54.0 Å². The van der Waals surface area contributed by atoms with Crippen LogP contribution in [0, 0.1) is 0 Å². The minimum absolute atomic E-state index is 0.341. The molecule has 1 saturated carbocycles. The van der Waals surface area contributed by atoms with E-state index in [0.717, 1.165) is 30.6 Å². The molecule has 2 N–H and O–H groups in total. The van der Waals surface area contributed by atoms with Crippen molar-refractivity contribution in [2.24, 2.45) is 5.73 Å². The molecule has 1 aliphatic rings. The van der Waals surface area contributed by atoms with Crippen LogP contribution in [-0.2, 0) is 12.1 Å². The number of furan rings is 1. The van der Waals surface area contributed by atoms with Crippen molar-refractivity contribution in [1.82, 2.24) is 10.1 Å². The van der Waals surface area contributed by atoms with Crippen LogP contribution in [0.3, 0.4) is 0 Å². The van der Waals surface area contributed by atoms with E-state index >= 15 is 0 Å². The van der Waals surface area contributed by atoms with Crippen molar-refractivity contribution in [2.45, 2.75) is 31.4 Å². The molecule has 1 aliphatic carbocycles. The summed E-state index contributed by atoms with van der Waals surface area (Å²) in [4.78, 5) is 4.41. The van der Waals surface area contributed by atoms with Gasteiger partial charge in [-0.1, -0.05) is 23.4 Å². The lowest BCUT2D eigenvalue weighted by Gasteiger charge is -2.34. The number of nitrogens with zero attached hydrogens (tertiary/aromatic N) is 2. The Labute approximate surface area is 133 Å². The van der Waals surface area contributed by atoms with Gasteiger partial charge < -0.3 is 19.4 Å². The van der Waals surface area contributed by atoms with Crippen LogP contribution >= 0.6 is 0 Å². The Kier molecular flexibility index (Phi) is 3.38. The summed E-state index contributed by atoms with van der Waals surface area (Å²) in [5, 5.41) is 4.01. The SMILES string of the molecule is NC1(c2noc(-c3occc3COc3ccccc3)n2)CCC1. The molecule has 4 rings (SSSR count). The Bertz CT molecular complexity index is 790. The maximum absolute atomic E-state index is 6.22. The molecule has 0 aliphatic heterocycles. The molecule has 0 spiro atoms. The zero-order valence-corrected chi connectivity index (χ0v) is 12.6. The van der Waals surface area contributed by atoms with Crippen molar-refractivity contribution >= 4 is 0 Å². The van der Waals surface area contributed by atoms with Crippen LogP contribution in [0.1, 0.15) is 30.7 Å². The maximum atomic E-state index is 6.22. The van der Waals surface area contributed by atoms with Gasteiger partial charge in [0.1, 0.15) is 12.4 Å². The number of para-hydroxylation sites is 1. The maximum Gasteiger partial charge on any atom is 0.294 e. The summed E-state index contributed by atoms with van der Waals surface area (Å²) in [6.07, 6.45) is 4.45. The van der Waals surface area contributed by atoms with Crippen LogP contribution in [0.25, 0.3) is 11.7 Å². The van der Waals surface area contributed by atoms with Gasteiger partial charge in [0.15, 0.2) is 11.6 Å².